The van der Waals surface area contributed by atoms with Gasteiger partial charge in [-0.3, -0.25) is 4.79 Å². The van der Waals surface area contributed by atoms with E-state index in [1.54, 1.807) is 6.92 Å². The van der Waals surface area contributed by atoms with Crippen molar-refractivity contribution in [1.82, 2.24) is 0 Å². The molecule has 0 aromatic rings. The van der Waals surface area contributed by atoms with Crippen LogP contribution in [-0.2, 0) is 4.79 Å². The fourth-order valence-electron chi connectivity index (χ4n) is 1.49. The molecular weight excluding hydrogens is 146 g/mol. The lowest BCUT2D eigenvalue weighted by atomic mass is 10.1. The smallest absolute Gasteiger partial charge is 0.305 e. The number of aliphatic carboxylic acids is 1. The molecule has 1 rings (SSSR count). The Labute approximate surface area is 65.0 Å². The maximum atomic E-state index is 10.3. The summed E-state index contributed by atoms with van der Waals surface area (Å²) in [5, 5.41) is 17.5. The van der Waals surface area contributed by atoms with Crippen molar-refractivity contribution in [1.29, 1.82) is 0 Å². The molecule has 0 radical (unpaired) electrons. The average molecular weight is 159 g/mol. The van der Waals surface area contributed by atoms with Gasteiger partial charge in [-0.25, -0.2) is 0 Å². The van der Waals surface area contributed by atoms with Crippen LogP contribution in [0, 0.1) is 5.92 Å². The lowest BCUT2D eigenvalue weighted by Crippen LogP contribution is -2.31. The zero-order valence-corrected chi connectivity index (χ0v) is 6.45. The number of hydrogen-bond donors (Lipinski definition) is 3. The van der Waals surface area contributed by atoms with Crippen LogP contribution in [0.5, 0.6) is 0 Å². The second-order valence-corrected chi connectivity index (χ2v) is 3.35. The SMILES string of the molecule is CC(O)C1CC1(N)CC(=O)O. The molecule has 1 fully saturated rings. The van der Waals surface area contributed by atoms with E-state index in [1.165, 1.54) is 0 Å². The molecule has 3 atom stereocenters. The van der Waals surface area contributed by atoms with Gasteiger partial charge in [-0.1, -0.05) is 0 Å². The van der Waals surface area contributed by atoms with Crippen molar-refractivity contribution < 1.29 is 15.0 Å². The molecule has 0 aromatic heterocycles. The highest BCUT2D eigenvalue weighted by molar-refractivity contribution is 5.69. The molecule has 0 saturated heterocycles. The minimum absolute atomic E-state index is 0.0291. The van der Waals surface area contributed by atoms with E-state index in [1.807, 2.05) is 0 Å². The van der Waals surface area contributed by atoms with Gasteiger partial charge >= 0.3 is 5.97 Å². The van der Waals surface area contributed by atoms with E-state index in [0.717, 1.165) is 0 Å². The lowest BCUT2D eigenvalue weighted by Gasteiger charge is -2.09. The van der Waals surface area contributed by atoms with Gasteiger partial charge in [0.1, 0.15) is 0 Å². The first-order valence-electron chi connectivity index (χ1n) is 3.64. The standard InChI is InChI=1S/C7H13NO3/c1-4(9)5-2-7(5,8)3-6(10)11/h4-5,9H,2-3,8H2,1H3,(H,10,11). The van der Waals surface area contributed by atoms with Crippen LogP contribution in [0.25, 0.3) is 0 Å². The van der Waals surface area contributed by atoms with Crippen LogP contribution in [0.2, 0.25) is 0 Å². The fourth-order valence-corrected chi connectivity index (χ4v) is 1.49. The number of carboxylic acids is 1. The molecule has 4 N–H and O–H groups in total. The van der Waals surface area contributed by atoms with E-state index in [-0.39, 0.29) is 12.3 Å². The Morgan fingerprint density at radius 2 is 2.45 bits per heavy atom. The zero-order valence-electron chi connectivity index (χ0n) is 6.45. The summed E-state index contributed by atoms with van der Waals surface area (Å²) < 4.78 is 0. The Balaban J connectivity index is 2.42. The third kappa shape index (κ3) is 1.70. The normalized spacial score (nSPS) is 38.3. The minimum Gasteiger partial charge on any atom is -0.481 e. The first-order chi connectivity index (χ1) is 4.96. The van der Waals surface area contributed by atoms with E-state index in [2.05, 4.69) is 0 Å². The van der Waals surface area contributed by atoms with Crippen LogP contribution in [0.1, 0.15) is 19.8 Å². The molecule has 64 valence electrons. The van der Waals surface area contributed by atoms with Gasteiger partial charge in [0.05, 0.1) is 12.5 Å². The molecular formula is C7H13NO3. The third-order valence-electron chi connectivity index (χ3n) is 2.24. The highest BCUT2D eigenvalue weighted by Crippen LogP contribution is 2.45. The van der Waals surface area contributed by atoms with E-state index in [9.17, 15) is 4.79 Å². The summed E-state index contributed by atoms with van der Waals surface area (Å²) in [6.45, 7) is 1.64. The van der Waals surface area contributed by atoms with E-state index >= 15 is 0 Å². The van der Waals surface area contributed by atoms with Crippen LogP contribution in [0.4, 0.5) is 0 Å². The van der Waals surface area contributed by atoms with Crippen molar-refractivity contribution in [3.63, 3.8) is 0 Å². The third-order valence-corrected chi connectivity index (χ3v) is 2.24. The molecule has 4 heteroatoms. The molecule has 1 aliphatic carbocycles. The topological polar surface area (TPSA) is 83.5 Å². The van der Waals surface area contributed by atoms with E-state index in [0.29, 0.717) is 6.42 Å². The Kier molecular flexibility index (Phi) is 1.90. The molecule has 0 heterocycles. The number of carbonyl (C=O) groups is 1. The molecule has 0 bridgehead atoms. The number of aliphatic hydroxyl groups excluding tert-OH is 1. The maximum absolute atomic E-state index is 10.3. The number of hydrogen-bond acceptors (Lipinski definition) is 3. The quantitative estimate of drug-likeness (QED) is 0.521. The molecule has 0 aliphatic heterocycles. The largest absolute Gasteiger partial charge is 0.481 e. The summed E-state index contributed by atoms with van der Waals surface area (Å²) >= 11 is 0. The summed E-state index contributed by atoms with van der Waals surface area (Å²) in [4.78, 5) is 10.3. The first kappa shape index (κ1) is 8.49. The highest BCUT2D eigenvalue weighted by atomic mass is 16.4. The van der Waals surface area contributed by atoms with E-state index in [4.69, 9.17) is 15.9 Å². The van der Waals surface area contributed by atoms with Crippen LogP contribution in [-0.4, -0.2) is 27.8 Å². The lowest BCUT2D eigenvalue weighted by molar-refractivity contribution is -0.137. The van der Waals surface area contributed by atoms with Crippen molar-refractivity contribution in [2.75, 3.05) is 0 Å². The fraction of sp³-hybridized carbons (Fsp3) is 0.857. The molecule has 11 heavy (non-hydrogen) atoms. The van der Waals surface area contributed by atoms with Crippen molar-refractivity contribution in [3.8, 4) is 0 Å². The van der Waals surface area contributed by atoms with Gasteiger partial charge in [0.25, 0.3) is 0 Å². The first-order valence-corrected chi connectivity index (χ1v) is 3.64. The Morgan fingerprint density at radius 3 is 2.73 bits per heavy atom. The number of aliphatic hydroxyl groups is 1. The van der Waals surface area contributed by atoms with Crippen LogP contribution in [0.15, 0.2) is 0 Å². The Hall–Kier alpha value is -0.610. The Bertz CT molecular complexity index is 181. The monoisotopic (exact) mass is 159 g/mol. The van der Waals surface area contributed by atoms with E-state index < -0.39 is 17.6 Å². The second-order valence-electron chi connectivity index (χ2n) is 3.35. The predicted octanol–water partition coefficient (Wildman–Crippen LogP) is -0.441. The zero-order chi connectivity index (χ0) is 8.65. The van der Waals surface area contributed by atoms with Gasteiger partial charge in [-0.15, -0.1) is 0 Å². The molecule has 4 nitrogen and oxygen atoms in total. The molecule has 0 aromatic carbocycles. The van der Waals surface area contributed by atoms with Gasteiger partial charge < -0.3 is 15.9 Å². The second kappa shape index (κ2) is 2.46. The van der Waals surface area contributed by atoms with Gasteiger partial charge in [0.15, 0.2) is 0 Å². The van der Waals surface area contributed by atoms with Crippen LogP contribution >= 0.6 is 0 Å². The molecule has 3 unspecified atom stereocenters. The van der Waals surface area contributed by atoms with Gasteiger partial charge in [-0.2, -0.15) is 0 Å². The summed E-state index contributed by atoms with van der Waals surface area (Å²) in [5.74, 6) is -0.922. The predicted molar refractivity (Wildman–Crippen MR) is 39.0 cm³/mol. The molecule has 0 spiro atoms. The highest BCUT2D eigenvalue weighted by Gasteiger charge is 2.54. The molecule has 0 amide bonds. The van der Waals surface area contributed by atoms with Crippen molar-refractivity contribution in [2.24, 2.45) is 11.7 Å². The van der Waals surface area contributed by atoms with Crippen LogP contribution in [0.3, 0.4) is 0 Å². The molecule has 1 aliphatic rings. The molecule has 1 saturated carbocycles. The van der Waals surface area contributed by atoms with Crippen molar-refractivity contribution in [2.45, 2.75) is 31.4 Å². The number of nitrogens with two attached hydrogens (primary N) is 1. The summed E-state index contributed by atoms with van der Waals surface area (Å²) in [5.41, 5.74) is 5.01. The summed E-state index contributed by atoms with van der Waals surface area (Å²) in [6.07, 6.45) is 0.0962. The van der Waals surface area contributed by atoms with Crippen molar-refractivity contribution >= 4 is 5.97 Å². The van der Waals surface area contributed by atoms with Crippen molar-refractivity contribution in [3.05, 3.63) is 0 Å². The van der Waals surface area contributed by atoms with Gasteiger partial charge in [0.2, 0.25) is 0 Å². The number of carboxylic acid groups (broad SMARTS) is 1. The van der Waals surface area contributed by atoms with Gasteiger partial charge in [-0.05, 0) is 13.3 Å². The minimum atomic E-state index is -0.893. The summed E-state index contributed by atoms with van der Waals surface area (Å²) in [7, 11) is 0. The maximum Gasteiger partial charge on any atom is 0.305 e. The average Bonchev–Trinajstić information content (AvgIpc) is 2.39. The Morgan fingerprint density at radius 1 is 1.91 bits per heavy atom. The summed E-state index contributed by atoms with van der Waals surface area (Å²) in [6, 6.07) is 0. The van der Waals surface area contributed by atoms with Gasteiger partial charge in [0, 0.05) is 11.5 Å². The number of rotatable bonds is 3. The van der Waals surface area contributed by atoms with Crippen LogP contribution < -0.4 is 5.73 Å².